The second-order valence-electron chi connectivity index (χ2n) is 7.26. The molecule has 1 aromatic heterocycles. The number of fused-ring (bicyclic) bond motifs is 1. The zero-order valence-corrected chi connectivity index (χ0v) is 17.0. The fourth-order valence-electron chi connectivity index (χ4n) is 3.44. The molecule has 6 nitrogen and oxygen atoms in total. The summed E-state index contributed by atoms with van der Waals surface area (Å²) in [6.45, 7) is 1.09. The Morgan fingerprint density at radius 1 is 1.00 bits per heavy atom. The number of ether oxygens (including phenoxy) is 2. The second kappa shape index (κ2) is 9.25. The molecule has 32 heavy (non-hydrogen) atoms. The molecule has 1 aliphatic heterocycles. The lowest BCUT2D eigenvalue weighted by atomic mass is 10.0. The molecule has 0 saturated carbocycles. The van der Waals surface area contributed by atoms with E-state index in [2.05, 4.69) is 14.7 Å². The molecule has 166 valence electrons. The Bertz CT molecular complexity index is 1070. The minimum Gasteiger partial charge on any atom is -0.491 e. The monoisotopic (exact) mass is 443 g/mol. The van der Waals surface area contributed by atoms with Crippen molar-refractivity contribution in [2.75, 3.05) is 13.2 Å². The summed E-state index contributed by atoms with van der Waals surface area (Å²) < 4.78 is 46.5. The van der Waals surface area contributed by atoms with Gasteiger partial charge < -0.3 is 14.4 Å². The van der Waals surface area contributed by atoms with Gasteiger partial charge in [-0.2, -0.15) is 0 Å². The first-order valence-corrected chi connectivity index (χ1v) is 10.0. The van der Waals surface area contributed by atoms with Crippen LogP contribution < -0.4 is 9.47 Å². The number of benzene rings is 2. The SMILES string of the molecule is O=C1c2cc(CCc3ccc(OC(F)(F)F)cc3)ccc2OCCN1Cc1ncccn1. The summed E-state index contributed by atoms with van der Waals surface area (Å²) in [6, 6.07) is 13.0. The first-order valence-electron chi connectivity index (χ1n) is 10.0. The maximum atomic E-state index is 13.1. The summed E-state index contributed by atoms with van der Waals surface area (Å²) in [4.78, 5) is 23.1. The highest BCUT2D eigenvalue weighted by atomic mass is 19.4. The van der Waals surface area contributed by atoms with Crippen LogP contribution in [0.25, 0.3) is 0 Å². The van der Waals surface area contributed by atoms with Crippen LogP contribution >= 0.6 is 0 Å². The molecule has 0 aliphatic carbocycles. The van der Waals surface area contributed by atoms with Crippen LogP contribution in [0.4, 0.5) is 13.2 Å². The smallest absolute Gasteiger partial charge is 0.491 e. The first-order chi connectivity index (χ1) is 15.4. The van der Waals surface area contributed by atoms with Crippen LogP contribution in [0.3, 0.4) is 0 Å². The van der Waals surface area contributed by atoms with Crippen molar-refractivity contribution in [3.8, 4) is 11.5 Å². The number of aryl methyl sites for hydroxylation is 2. The highest BCUT2D eigenvalue weighted by molar-refractivity contribution is 5.97. The Morgan fingerprint density at radius 3 is 2.41 bits per heavy atom. The summed E-state index contributed by atoms with van der Waals surface area (Å²) in [5.74, 6) is 0.680. The standard InChI is InChI=1S/C23H20F3N3O3/c24-23(25,26)32-18-7-4-16(5-8-18)2-3-17-6-9-20-19(14-17)22(30)29(12-13-31-20)15-21-27-10-1-11-28-21/h1,4-11,14H,2-3,12-13,15H2. The third-order valence-electron chi connectivity index (χ3n) is 4.99. The number of halogens is 3. The third-order valence-corrected chi connectivity index (χ3v) is 4.99. The molecule has 0 spiro atoms. The Labute approximate surface area is 182 Å². The molecule has 0 fully saturated rings. The third kappa shape index (κ3) is 5.54. The summed E-state index contributed by atoms with van der Waals surface area (Å²) in [6.07, 6.45) is -0.230. The van der Waals surface area contributed by atoms with Crippen molar-refractivity contribution in [1.29, 1.82) is 0 Å². The Kier molecular flexibility index (Phi) is 6.25. The Morgan fingerprint density at radius 2 is 1.69 bits per heavy atom. The van der Waals surface area contributed by atoms with Gasteiger partial charge in [0, 0.05) is 12.4 Å². The Balaban J connectivity index is 1.44. The molecule has 0 radical (unpaired) electrons. The van der Waals surface area contributed by atoms with Crippen molar-refractivity contribution < 1.29 is 27.4 Å². The van der Waals surface area contributed by atoms with Crippen LogP contribution in [0, 0.1) is 0 Å². The molecule has 0 N–H and O–H groups in total. The van der Waals surface area contributed by atoms with Crippen LogP contribution in [-0.2, 0) is 19.4 Å². The lowest BCUT2D eigenvalue weighted by Gasteiger charge is -2.19. The van der Waals surface area contributed by atoms with Crippen molar-refractivity contribution in [3.05, 3.63) is 83.4 Å². The molecule has 0 bridgehead atoms. The minimum atomic E-state index is -4.71. The average molecular weight is 443 g/mol. The number of amides is 1. The van der Waals surface area contributed by atoms with Gasteiger partial charge in [0.1, 0.15) is 23.9 Å². The van der Waals surface area contributed by atoms with E-state index in [1.54, 1.807) is 41.6 Å². The van der Waals surface area contributed by atoms with E-state index in [9.17, 15) is 18.0 Å². The largest absolute Gasteiger partial charge is 0.573 e. The predicted molar refractivity (Wildman–Crippen MR) is 109 cm³/mol. The Hall–Kier alpha value is -3.62. The normalized spacial score (nSPS) is 13.8. The van der Waals surface area contributed by atoms with Crippen LogP contribution in [0.1, 0.15) is 27.3 Å². The van der Waals surface area contributed by atoms with Gasteiger partial charge in [0.2, 0.25) is 0 Å². The average Bonchev–Trinajstić information content (AvgIpc) is 2.92. The number of carbonyl (C=O) groups is 1. The van der Waals surface area contributed by atoms with Gasteiger partial charge in [0.05, 0.1) is 18.7 Å². The number of alkyl halides is 3. The highest BCUT2D eigenvalue weighted by Gasteiger charge is 2.31. The molecule has 9 heteroatoms. The summed E-state index contributed by atoms with van der Waals surface area (Å²) >= 11 is 0. The van der Waals surface area contributed by atoms with E-state index in [4.69, 9.17) is 4.74 Å². The van der Waals surface area contributed by atoms with E-state index in [0.29, 0.717) is 49.7 Å². The number of aromatic nitrogens is 2. The van der Waals surface area contributed by atoms with E-state index in [1.807, 2.05) is 12.1 Å². The van der Waals surface area contributed by atoms with E-state index >= 15 is 0 Å². The van der Waals surface area contributed by atoms with Crippen LogP contribution in [0.15, 0.2) is 60.9 Å². The van der Waals surface area contributed by atoms with Crippen LogP contribution in [0.5, 0.6) is 11.5 Å². The number of rotatable bonds is 6. The maximum absolute atomic E-state index is 13.1. The molecule has 2 heterocycles. The van der Waals surface area contributed by atoms with Crippen molar-refractivity contribution in [2.24, 2.45) is 0 Å². The predicted octanol–water partition coefficient (Wildman–Crippen LogP) is 4.20. The van der Waals surface area contributed by atoms with E-state index in [1.165, 1.54) is 12.1 Å². The van der Waals surface area contributed by atoms with E-state index in [-0.39, 0.29) is 11.7 Å². The van der Waals surface area contributed by atoms with Gasteiger partial charge in [0.15, 0.2) is 0 Å². The zero-order chi connectivity index (χ0) is 22.6. The van der Waals surface area contributed by atoms with Crippen molar-refractivity contribution in [1.82, 2.24) is 14.9 Å². The number of nitrogens with zero attached hydrogens (tertiary/aromatic N) is 3. The van der Waals surface area contributed by atoms with Gasteiger partial charge >= 0.3 is 6.36 Å². The van der Waals surface area contributed by atoms with Gasteiger partial charge in [-0.05, 0) is 54.3 Å². The van der Waals surface area contributed by atoms with Gasteiger partial charge in [-0.1, -0.05) is 18.2 Å². The molecule has 0 saturated heterocycles. The summed E-state index contributed by atoms with van der Waals surface area (Å²) in [5.41, 5.74) is 2.26. The lowest BCUT2D eigenvalue weighted by Crippen LogP contribution is -2.32. The van der Waals surface area contributed by atoms with Gasteiger partial charge in [-0.3, -0.25) is 4.79 Å². The fraction of sp³-hybridized carbons (Fsp3) is 0.261. The minimum absolute atomic E-state index is 0.152. The fourth-order valence-corrected chi connectivity index (χ4v) is 3.44. The molecule has 4 rings (SSSR count). The van der Waals surface area contributed by atoms with Gasteiger partial charge in [0.25, 0.3) is 5.91 Å². The summed E-state index contributed by atoms with van der Waals surface area (Å²) in [7, 11) is 0. The van der Waals surface area contributed by atoms with Crippen molar-refractivity contribution in [3.63, 3.8) is 0 Å². The zero-order valence-electron chi connectivity index (χ0n) is 17.0. The molecule has 0 atom stereocenters. The highest BCUT2D eigenvalue weighted by Crippen LogP contribution is 2.26. The quantitative estimate of drug-likeness (QED) is 0.572. The molecular weight excluding hydrogens is 423 g/mol. The first kappa shape index (κ1) is 21.6. The van der Waals surface area contributed by atoms with Crippen molar-refractivity contribution >= 4 is 5.91 Å². The van der Waals surface area contributed by atoms with E-state index in [0.717, 1.165) is 11.1 Å². The molecule has 1 aliphatic rings. The van der Waals surface area contributed by atoms with Crippen molar-refractivity contribution in [2.45, 2.75) is 25.7 Å². The molecule has 0 unspecified atom stereocenters. The maximum Gasteiger partial charge on any atom is 0.573 e. The number of hydrogen-bond acceptors (Lipinski definition) is 5. The molecule has 3 aromatic rings. The van der Waals surface area contributed by atoms with Gasteiger partial charge in [-0.25, -0.2) is 9.97 Å². The van der Waals surface area contributed by atoms with Crippen LogP contribution in [0.2, 0.25) is 0 Å². The van der Waals surface area contributed by atoms with Gasteiger partial charge in [-0.15, -0.1) is 13.2 Å². The molecule has 1 amide bonds. The van der Waals surface area contributed by atoms with E-state index < -0.39 is 6.36 Å². The number of hydrogen-bond donors (Lipinski definition) is 0. The molecular formula is C23H20F3N3O3. The number of carbonyl (C=O) groups excluding carboxylic acids is 1. The molecule has 2 aromatic carbocycles. The van der Waals surface area contributed by atoms with Crippen LogP contribution in [-0.4, -0.2) is 40.3 Å². The lowest BCUT2D eigenvalue weighted by molar-refractivity contribution is -0.274. The summed E-state index contributed by atoms with van der Waals surface area (Å²) in [5, 5.41) is 0. The topological polar surface area (TPSA) is 64.6 Å². The second-order valence-corrected chi connectivity index (χ2v) is 7.26.